The van der Waals surface area contributed by atoms with Gasteiger partial charge >= 0.3 is 0 Å². The van der Waals surface area contributed by atoms with Crippen LogP contribution in [0.1, 0.15) is 0 Å². The van der Waals surface area contributed by atoms with Crippen LogP contribution in [-0.2, 0) is 0 Å². The van der Waals surface area contributed by atoms with E-state index in [1.54, 1.807) is 12.4 Å². The van der Waals surface area contributed by atoms with E-state index in [1.807, 2.05) is 4.90 Å². The molecule has 0 N–H and O–H groups in total. The van der Waals surface area contributed by atoms with Gasteiger partial charge in [0.15, 0.2) is 0 Å². The molecular formula is C6H9ClN2. The zero-order valence-corrected chi connectivity index (χ0v) is 5.88. The zero-order valence-electron chi connectivity index (χ0n) is 5.13. The lowest BCUT2D eigenvalue weighted by Gasteiger charge is -2.16. The van der Waals surface area contributed by atoms with E-state index in [1.165, 1.54) is 0 Å². The summed E-state index contributed by atoms with van der Waals surface area (Å²) in [6.45, 7) is 5.34. The van der Waals surface area contributed by atoms with Crippen molar-refractivity contribution < 1.29 is 0 Å². The van der Waals surface area contributed by atoms with Gasteiger partial charge in [0.05, 0.1) is 12.9 Å². The number of halogens is 1. The predicted octanol–water partition coefficient (Wildman–Crippen LogP) is 1.08. The second kappa shape index (κ2) is 2.87. The molecule has 0 fully saturated rings. The number of hydrogen-bond donors (Lipinski definition) is 0. The molecule has 0 aliphatic carbocycles. The molecule has 1 aliphatic rings. The lowest BCUT2D eigenvalue weighted by Crippen LogP contribution is -2.26. The Kier molecular flexibility index (Phi) is 2.11. The molecule has 9 heavy (non-hydrogen) atoms. The number of nitrogens with zero attached hydrogens (tertiary/aromatic N) is 2. The molecule has 2 nitrogen and oxygen atoms in total. The molecule has 0 saturated carbocycles. The van der Waals surface area contributed by atoms with E-state index in [9.17, 15) is 0 Å². The van der Waals surface area contributed by atoms with E-state index in [2.05, 4.69) is 11.6 Å². The van der Waals surface area contributed by atoms with E-state index in [0.717, 1.165) is 13.1 Å². The minimum absolute atomic E-state index is 0.0868. The molecule has 1 heterocycles. The molecule has 0 aromatic heterocycles. The van der Waals surface area contributed by atoms with Crippen molar-refractivity contribution >= 4 is 17.9 Å². The average molecular weight is 145 g/mol. The van der Waals surface area contributed by atoms with E-state index in [0.29, 0.717) is 0 Å². The van der Waals surface area contributed by atoms with Gasteiger partial charge in [-0.3, -0.25) is 4.99 Å². The molecule has 1 rings (SSSR count). The first-order valence-corrected chi connectivity index (χ1v) is 3.30. The molecular weight excluding hydrogens is 136 g/mol. The summed E-state index contributed by atoms with van der Waals surface area (Å²) in [6.07, 6.45) is 3.46. The van der Waals surface area contributed by atoms with Gasteiger partial charge in [-0.25, -0.2) is 0 Å². The van der Waals surface area contributed by atoms with Crippen LogP contribution in [0.4, 0.5) is 0 Å². The highest BCUT2D eigenvalue weighted by molar-refractivity contribution is 6.22. The van der Waals surface area contributed by atoms with Gasteiger partial charge in [0.2, 0.25) is 0 Å². The normalized spacial score (nSPS) is 20.3. The van der Waals surface area contributed by atoms with Gasteiger partial charge in [0.25, 0.3) is 0 Å². The lowest BCUT2D eigenvalue weighted by molar-refractivity contribution is 0.483. The highest BCUT2D eigenvalue weighted by Crippen LogP contribution is 2.05. The third-order valence-corrected chi connectivity index (χ3v) is 1.66. The number of alkyl halides is 1. The first-order valence-electron chi connectivity index (χ1n) is 2.87. The fraction of sp³-hybridized carbons (Fsp3) is 0.500. The highest BCUT2D eigenvalue weighted by Gasteiger charge is 2.10. The molecule has 0 saturated heterocycles. The van der Waals surface area contributed by atoms with Crippen LogP contribution in [0, 0.1) is 0 Å². The largest absolute Gasteiger partial charge is 0.341 e. The van der Waals surface area contributed by atoms with Crippen molar-refractivity contribution in [2.24, 2.45) is 4.99 Å². The Morgan fingerprint density at radius 1 is 1.89 bits per heavy atom. The zero-order chi connectivity index (χ0) is 6.69. The molecule has 3 heteroatoms. The smallest absolute Gasteiger partial charge is 0.123 e. The Morgan fingerprint density at radius 3 is 3.11 bits per heavy atom. The molecule has 1 unspecified atom stereocenters. The van der Waals surface area contributed by atoms with Crippen LogP contribution in [0.3, 0.4) is 0 Å². The second-order valence-corrected chi connectivity index (χ2v) is 2.31. The lowest BCUT2D eigenvalue weighted by atomic mass is 10.5. The van der Waals surface area contributed by atoms with Crippen molar-refractivity contribution in [3.63, 3.8) is 0 Å². The Labute approximate surface area is 59.8 Å². The first kappa shape index (κ1) is 6.62. The van der Waals surface area contributed by atoms with Gasteiger partial charge in [-0.15, -0.1) is 0 Å². The van der Waals surface area contributed by atoms with E-state index in [4.69, 9.17) is 11.6 Å². The van der Waals surface area contributed by atoms with Crippen molar-refractivity contribution in [1.29, 1.82) is 0 Å². The van der Waals surface area contributed by atoms with Crippen molar-refractivity contribution in [1.82, 2.24) is 4.90 Å². The van der Waals surface area contributed by atoms with Crippen molar-refractivity contribution in [2.45, 2.75) is 5.50 Å². The maximum absolute atomic E-state index is 5.79. The summed E-state index contributed by atoms with van der Waals surface area (Å²) in [6, 6.07) is 0. The van der Waals surface area contributed by atoms with Gasteiger partial charge in [-0.05, 0) is 0 Å². The van der Waals surface area contributed by atoms with E-state index < -0.39 is 0 Å². The third kappa shape index (κ3) is 1.45. The van der Waals surface area contributed by atoms with Crippen LogP contribution >= 0.6 is 11.6 Å². The molecule has 0 spiro atoms. The van der Waals surface area contributed by atoms with Gasteiger partial charge in [0.1, 0.15) is 5.50 Å². The SMILES string of the molecule is C=CC(Cl)N1C=NCC1. The van der Waals surface area contributed by atoms with E-state index in [-0.39, 0.29) is 5.50 Å². The van der Waals surface area contributed by atoms with Crippen LogP contribution in [0.25, 0.3) is 0 Å². The fourth-order valence-corrected chi connectivity index (χ4v) is 0.864. The monoisotopic (exact) mass is 144 g/mol. The third-order valence-electron chi connectivity index (χ3n) is 1.23. The summed E-state index contributed by atoms with van der Waals surface area (Å²) in [7, 11) is 0. The van der Waals surface area contributed by atoms with Crippen LogP contribution in [0.2, 0.25) is 0 Å². The van der Waals surface area contributed by atoms with Crippen LogP contribution in [0.15, 0.2) is 17.6 Å². The first-order chi connectivity index (χ1) is 4.34. The highest BCUT2D eigenvalue weighted by atomic mass is 35.5. The van der Waals surface area contributed by atoms with Crippen molar-refractivity contribution in [3.05, 3.63) is 12.7 Å². The van der Waals surface area contributed by atoms with Gasteiger partial charge in [-0.1, -0.05) is 24.3 Å². The van der Waals surface area contributed by atoms with Crippen LogP contribution in [-0.4, -0.2) is 29.8 Å². The minimum atomic E-state index is -0.0868. The van der Waals surface area contributed by atoms with Gasteiger partial charge in [-0.2, -0.15) is 0 Å². The molecule has 0 aromatic rings. The quantitative estimate of drug-likeness (QED) is 0.322. The van der Waals surface area contributed by atoms with Gasteiger partial charge < -0.3 is 4.90 Å². The molecule has 1 aliphatic heterocycles. The Balaban J connectivity index is 2.42. The fourth-order valence-electron chi connectivity index (χ4n) is 0.716. The van der Waals surface area contributed by atoms with Crippen LogP contribution in [0.5, 0.6) is 0 Å². The summed E-state index contributed by atoms with van der Waals surface area (Å²) in [5.74, 6) is 0. The maximum atomic E-state index is 5.79. The van der Waals surface area contributed by atoms with Crippen molar-refractivity contribution in [2.75, 3.05) is 13.1 Å². The summed E-state index contributed by atoms with van der Waals surface area (Å²) >= 11 is 5.79. The summed E-state index contributed by atoms with van der Waals surface area (Å²) in [4.78, 5) is 5.94. The Morgan fingerprint density at radius 2 is 2.67 bits per heavy atom. The van der Waals surface area contributed by atoms with Gasteiger partial charge in [0, 0.05) is 6.54 Å². The van der Waals surface area contributed by atoms with E-state index >= 15 is 0 Å². The molecule has 1 atom stereocenters. The Bertz CT molecular complexity index is 133. The number of aliphatic imine (C=N–C) groups is 1. The summed E-state index contributed by atoms with van der Waals surface area (Å²) in [5, 5.41) is 0. The maximum Gasteiger partial charge on any atom is 0.123 e. The molecule has 0 radical (unpaired) electrons. The number of rotatable bonds is 2. The summed E-state index contributed by atoms with van der Waals surface area (Å²) < 4.78 is 0. The van der Waals surface area contributed by atoms with Crippen molar-refractivity contribution in [3.8, 4) is 0 Å². The average Bonchev–Trinajstić information content (AvgIpc) is 2.37. The molecule has 0 amide bonds. The standard InChI is InChI=1S/C6H9ClN2/c1-2-6(7)9-4-3-8-5-9/h2,5-6H,1,3-4H2. The second-order valence-electron chi connectivity index (χ2n) is 1.87. The molecule has 50 valence electrons. The number of hydrogen-bond acceptors (Lipinski definition) is 2. The molecule has 0 aromatic carbocycles. The topological polar surface area (TPSA) is 15.6 Å². The Hall–Kier alpha value is -0.500. The van der Waals surface area contributed by atoms with Crippen LogP contribution < -0.4 is 0 Å². The minimum Gasteiger partial charge on any atom is -0.341 e. The molecule has 0 bridgehead atoms. The predicted molar refractivity (Wildman–Crippen MR) is 39.9 cm³/mol. The summed E-state index contributed by atoms with van der Waals surface area (Å²) in [5.41, 5.74) is -0.0868.